The number of ether oxygens (including phenoxy) is 1. The van der Waals surface area contributed by atoms with Gasteiger partial charge in [0.2, 0.25) is 0 Å². The fourth-order valence-corrected chi connectivity index (χ4v) is 3.07. The molecule has 3 amide bonds. The number of nitrogens with zero attached hydrogens (tertiary/aromatic N) is 2. The van der Waals surface area contributed by atoms with Gasteiger partial charge in [-0.25, -0.2) is 0 Å². The maximum absolute atomic E-state index is 12.7. The van der Waals surface area contributed by atoms with Crippen molar-refractivity contribution in [2.75, 3.05) is 31.5 Å². The molecule has 26 heavy (non-hydrogen) atoms. The molecule has 1 aromatic carbocycles. The van der Waals surface area contributed by atoms with Gasteiger partial charge < -0.3 is 24.3 Å². The Morgan fingerprint density at radius 1 is 1.00 bits per heavy atom. The van der Waals surface area contributed by atoms with Crippen LogP contribution in [0.1, 0.15) is 10.6 Å². The van der Waals surface area contributed by atoms with Crippen molar-refractivity contribution >= 4 is 23.4 Å². The Kier molecular flexibility index (Phi) is 4.08. The van der Waals surface area contributed by atoms with E-state index in [1.807, 2.05) is 0 Å². The van der Waals surface area contributed by atoms with E-state index in [-0.39, 0.29) is 11.7 Å². The van der Waals surface area contributed by atoms with Crippen molar-refractivity contribution in [1.82, 2.24) is 9.80 Å². The number of benzene rings is 1. The molecule has 2 aliphatic heterocycles. The average Bonchev–Trinajstić information content (AvgIpc) is 3.21. The lowest BCUT2D eigenvalue weighted by Crippen LogP contribution is -2.56. The summed E-state index contributed by atoms with van der Waals surface area (Å²) in [7, 11) is 0. The summed E-state index contributed by atoms with van der Waals surface area (Å²) in [6.45, 7) is 1.41. The summed E-state index contributed by atoms with van der Waals surface area (Å²) in [5.74, 6) is -0.346. The number of para-hydroxylation sites is 2. The highest BCUT2D eigenvalue weighted by Crippen LogP contribution is 2.29. The predicted octanol–water partition coefficient (Wildman–Crippen LogP) is 0.964. The second-order valence-corrected chi connectivity index (χ2v) is 6.08. The first kappa shape index (κ1) is 16.2. The highest BCUT2D eigenvalue weighted by Gasteiger charge is 2.38. The van der Waals surface area contributed by atoms with Gasteiger partial charge in [-0.2, -0.15) is 0 Å². The van der Waals surface area contributed by atoms with Gasteiger partial charge in [0.25, 0.3) is 23.8 Å². The number of nitrogens with one attached hydrogen (secondary N) is 1. The molecule has 0 spiro atoms. The third-order valence-corrected chi connectivity index (χ3v) is 4.46. The minimum absolute atomic E-state index is 0.206. The number of hydrogen-bond donors (Lipinski definition) is 1. The Balaban J connectivity index is 1.39. The molecule has 1 fully saturated rings. The van der Waals surface area contributed by atoms with Gasteiger partial charge in [-0.1, -0.05) is 12.1 Å². The first-order chi connectivity index (χ1) is 12.6. The first-order valence-corrected chi connectivity index (χ1v) is 8.31. The van der Waals surface area contributed by atoms with Crippen LogP contribution in [0.25, 0.3) is 0 Å². The third-order valence-electron chi connectivity index (χ3n) is 4.46. The van der Waals surface area contributed by atoms with Gasteiger partial charge in [-0.15, -0.1) is 0 Å². The van der Waals surface area contributed by atoms with Crippen LogP contribution in [0.2, 0.25) is 0 Å². The molecular formula is C18H17N3O5. The molecule has 3 heterocycles. The standard InChI is InChI=1S/C18H17N3O5/c22-16-15(26-13-5-2-1-4-12(13)19-16)18(24)21-9-7-20(8-10-21)17(23)14-6-3-11-25-14/h1-6,11,15H,7-10H2,(H,19,22). The number of fused-ring (bicyclic) bond motifs is 1. The van der Waals surface area contributed by atoms with Crippen LogP contribution >= 0.6 is 0 Å². The van der Waals surface area contributed by atoms with Gasteiger partial charge in [-0.3, -0.25) is 14.4 Å². The molecular weight excluding hydrogens is 338 g/mol. The summed E-state index contributed by atoms with van der Waals surface area (Å²) in [6, 6.07) is 10.2. The SMILES string of the molecule is O=C1Nc2ccccc2OC1C(=O)N1CCN(C(=O)c2ccco2)CC1. The number of anilines is 1. The van der Waals surface area contributed by atoms with E-state index in [9.17, 15) is 14.4 Å². The normalized spacial score (nSPS) is 19.4. The number of carbonyl (C=O) groups excluding carboxylic acids is 3. The fourth-order valence-electron chi connectivity index (χ4n) is 3.07. The number of hydrogen-bond acceptors (Lipinski definition) is 5. The van der Waals surface area contributed by atoms with Crippen molar-refractivity contribution in [2.24, 2.45) is 0 Å². The van der Waals surface area contributed by atoms with Crippen LogP contribution in [-0.4, -0.2) is 59.8 Å². The second-order valence-electron chi connectivity index (χ2n) is 6.08. The lowest BCUT2D eigenvalue weighted by Gasteiger charge is -2.36. The van der Waals surface area contributed by atoms with Gasteiger partial charge in [0.05, 0.1) is 12.0 Å². The van der Waals surface area contributed by atoms with E-state index in [0.717, 1.165) is 0 Å². The Morgan fingerprint density at radius 3 is 2.46 bits per heavy atom. The fraction of sp³-hybridized carbons (Fsp3) is 0.278. The first-order valence-electron chi connectivity index (χ1n) is 8.31. The van der Waals surface area contributed by atoms with Gasteiger partial charge >= 0.3 is 0 Å². The van der Waals surface area contributed by atoms with Gasteiger partial charge in [0, 0.05) is 26.2 Å². The zero-order valence-electron chi connectivity index (χ0n) is 13.9. The van der Waals surface area contributed by atoms with E-state index in [0.29, 0.717) is 37.6 Å². The highest BCUT2D eigenvalue weighted by molar-refractivity contribution is 6.11. The van der Waals surface area contributed by atoms with Crippen LogP contribution in [-0.2, 0) is 9.59 Å². The van der Waals surface area contributed by atoms with E-state index in [4.69, 9.17) is 9.15 Å². The number of amides is 3. The Labute approximate surface area is 149 Å². The lowest BCUT2D eigenvalue weighted by molar-refractivity contribution is -0.146. The molecule has 1 saturated heterocycles. The van der Waals surface area contributed by atoms with Crippen LogP contribution < -0.4 is 10.1 Å². The highest BCUT2D eigenvalue weighted by atomic mass is 16.5. The van der Waals surface area contributed by atoms with E-state index >= 15 is 0 Å². The Morgan fingerprint density at radius 2 is 1.73 bits per heavy atom. The molecule has 0 bridgehead atoms. The maximum atomic E-state index is 12.7. The van der Waals surface area contributed by atoms with E-state index in [1.54, 1.807) is 46.2 Å². The van der Waals surface area contributed by atoms with E-state index in [2.05, 4.69) is 5.32 Å². The average molecular weight is 355 g/mol. The molecule has 2 aromatic rings. The minimum atomic E-state index is -1.21. The molecule has 8 heteroatoms. The Hall–Kier alpha value is -3.29. The topological polar surface area (TPSA) is 92.1 Å². The summed E-state index contributed by atoms with van der Waals surface area (Å²) >= 11 is 0. The molecule has 8 nitrogen and oxygen atoms in total. The van der Waals surface area contributed by atoms with Crippen molar-refractivity contribution < 1.29 is 23.5 Å². The van der Waals surface area contributed by atoms with Crippen LogP contribution in [0.15, 0.2) is 47.1 Å². The predicted molar refractivity (Wildman–Crippen MR) is 90.7 cm³/mol. The maximum Gasteiger partial charge on any atom is 0.289 e. The van der Waals surface area contributed by atoms with Crippen molar-refractivity contribution in [1.29, 1.82) is 0 Å². The van der Waals surface area contributed by atoms with Crippen molar-refractivity contribution in [2.45, 2.75) is 6.10 Å². The van der Waals surface area contributed by atoms with Crippen LogP contribution in [0.3, 0.4) is 0 Å². The molecule has 1 atom stereocenters. The largest absolute Gasteiger partial charge is 0.468 e. The quantitative estimate of drug-likeness (QED) is 0.810. The molecule has 1 aromatic heterocycles. The van der Waals surface area contributed by atoms with E-state index in [1.165, 1.54) is 6.26 Å². The summed E-state index contributed by atoms with van der Waals surface area (Å²) < 4.78 is 10.7. The van der Waals surface area contributed by atoms with Gasteiger partial charge in [0.1, 0.15) is 5.75 Å². The molecule has 1 N–H and O–H groups in total. The van der Waals surface area contributed by atoms with Crippen LogP contribution in [0.5, 0.6) is 5.75 Å². The van der Waals surface area contributed by atoms with Crippen molar-refractivity contribution in [3.8, 4) is 5.75 Å². The molecule has 0 radical (unpaired) electrons. The zero-order chi connectivity index (χ0) is 18.1. The van der Waals surface area contributed by atoms with Crippen LogP contribution in [0, 0.1) is 0 Å². The molecule has 4 rings (SSSR count). The van der Waals surface area contributed by atoms with Crippen LogP contribution in [0.4, 0.5) is 5.69 Å². The second kappa shape index (κ2) is 6.55. The summed E-state index contributed by atoms with van der Waals surface area (Å²) in [4.78, 5) is 40.3. The minimum Gasteiger partial charge on any atom is -0.468 e. The number of furan rings is 1. The number of rotatable bonds is 2. The molecule has 0 aliphatic carbocycles. The number of piperazine rings is 1. The summed E-state index contributed by atoms with van der Waals surface area (Å²) in [5, 5.41) is 2.69. The molecule has 0 saturated carbocycles. The van der Waals surface area contributed by atoms with Crippen molar-refractivity contribution in [3.05, 3.63) is 48.4 Å². The van der Waals surface area contributed by atoms with E-state index < -0.39 is 17.9 Å². The smallest absolute Gasteiger partial charge is 0.289 e. The lowest BCUT2D eigenvalue weighted by atomic mass is 10.2. The third kappa shape index (κ3) is 2.90. The monoisotopic (exact) mass is 355 g/mol. The molecule has 2 aliphatic rings. The summed E-state index contributed by atoms with van der Waals surface area (Å²) in [5.41, 5.74) is 0.551. The molecule has 1 unspecified atom stereocenters. The van der Waals surface area contributed by atoms with Gasteiger partial charge in [0.15, 0.2) is 5.76 Å². The van der Waals surface area contributed by atoms with Gasteiger partial charge in [-0.05, 0) is 24.3 Å². The number of carbonyl (C=O) groups is 3. The zero-order valence-corrected chi connectivity index (χ0v) is 13.9. The molecule has 134 valence electrons. The van der Waals surface area contributed by atoms with Crippen molar-refractivity contribution in [3.63, 3.8) is 0 Å². The summed E-state index contributed by atoms with van der Waals surface area (Å²) in [6.07, 6.45) is 0.237. The Bertz CT molecular complexity index is 840.